The monoisotopic (exact) mass is 303 g/mol. The maximum absolute atomic E-state index is 11.8. The van der Waals surface area contributed by atoms with Gasteiger partial charge in [0.25, 0.3) is 5.91 Å². The van der Waals surface area contributed by atoms with Crippen LogP contribution in [0, 0.1) is 0 Å². The average Bonchev–Trinajstić information content (AvgIpc) is 3.21. The minimum atomic E-state index is -0.499. The summed E-state index contributed by atoms with van der Waals surface area (Å²) in [4.78, 5) is 11.8. The van der Waals surface area contributed by atoms with Crippen LogP contribution >= 0.6 is 11.3 Å². The van der Waals surface area contributed by atoms with Crippen molar-refractivity contribution in [3.63, 3.8) is 0 Å². The van der Waals surface area contributed by atoms with Gasteiger partial charge in [0.2, 0.25) is 5.13 Å². The lowest BCUT2D eigenvalue weighted by Crippen LogP contribution is -2.26. The van der Waals surface area contributed by atoms with Crippen molar-refractivity contribution in [2.45, 2.75) is 31.3 Å². The Kier molecular flexibility index (Phi) is 3.73. The molecule has 1 atom stereocenters. The summed E-state index contributed by atoms with van der Waals surface area (Å²) in [6.45, 7) is 1.70. The fourth-order valence-electron chi connectivity index (χ4n) is 2.29. The van der Waals surface area contributed by atoms with Crippen molar-refractivity contribution >= 4 is 22.4 Å². The van der Waals surface area contributed by atoms with Gasteiger partial charge < -0.3 is 4.74 Å². The summed E-state index contributed by atoms with van der Waals surface area (Å²) in [7, 11) is 1.50. The molecule has 1 amide bonds. The van der Waals surface area contributed by atoms with Crippen molar-refractivity contribution in [1.29, 1.82) is 0 Å². The smallest absolute Gasteiger partial charge is 0.255 e. The number of carbonyl (C=O) groups excluding carboxylic acids is 1. The van der Waals surface area contributed by atoms with E-state index in [2.05, 4.69) is 27.6 Å². The summed E-state index contributed by atoms with van der Waals surface area (Å²) in [6.07, 6.45) is 1.66. The van der Waals surface area contributed by atoms with Crippen LogP contribution in [-0.4, -0.2) is 29.3 Å². The first-order valence-electron chi connectivity index (χ1n) is 6.89. The normalized spacial score (nSPS) is 17.2. The molecule has 6 heteroatoms. The van der Waals surface area contributed by atoms with E-state index >= 15 is 0 Å². The van der Waals surface area contributed by atoms with Gasteiger partial charge >= 0.3 is 0 Å². The van der Waals surface area contributed by atoms with E-state index < -0.39 is 6.10 Å². The van der Waals surface area contributed by atoms with Gasteiger partial charge in [0, 0.05) is 12.5 Å². The molecule has 1 aliphatic rings. The number of benzene rings is 1. The summed E-state index contributed by atoms with van der Waals surface area (Å²) in [6, 6.07) is 10.3. The van der Waals surface area contributed by atoms with Crippen molar-refractivity contribution in [2.24, 2.45) is 0 Å². The molecule has 0 bridgehead atoms. The number of nitrogens with zero attached hydrogens (tertiary/aromatic N) is 2. The molecule has 1 N–H and O–H groups in total. The van der Waals surface area contributed by atoms with Crippen LogP contribution in [0.4, 0.5) is 5.13 Å². The maximum Gasteiger partial charge on any atom is 0.255 e. The Morgan fingerprint density at radius 1 is 1.33 bits per heavy atom. The quantitative estimate of drug-likeness (QED) is 0.922. The molecule has 1 fully saturated rings. The predicted octanol–water partition coefficient (Wildman–Crippen LogP) is 2.59. The Labute approximate surface area is 127 Å². The van der Waals surface area contributed by atoms with Gasteiger partial charge in [-0.2, -0.15) is 0 Å². The summed E-state index contributed by atoms with van der Waals surface area (Å²) in [5.41, 5.74) is 1.26. The van der Waals surface area contributed by atoms with E-state index in [9.17, 15) is 4.79 Å². The molecule has 1 aliphatic carbocycles. The van der Waals surface area contributed by atoms with Crippen LogP contribution in [0.3, 0.4) is 0 Å². The van der Waals surface area contributed by atoms with Crippen molar-refractivity contribution in [3.05, 3.63) is 40.9 Å². The summed E-state index contributed by atoms with van der Waals surface area (Å²) >= 11 is 1.44. The molecule has 110 valence electrons. The Bertz CT molecular complexity index is 637. The van der Waals surface area contributed by atoms with E-state index in [1.54, 1.807) is 6.92 Å². The molecular formula is C15H17N3O2S. The largest absolute Gasteiger partial charge is 0.372 e. The molecular weight excluding hydrogens is 286 g/mol. The second-order valence-corrected chi connectivity index (χ2v) is 6.21. The van der Waals surface area contributed by atoms with Crippen LogP contribution in [0.15, 0.2) is 30.3 Å². The second-order valence-electron chi connectivity index (χ2n) is 5.23. The Morgan fingerprint density at radius 2 is 2.05 bits per heavy atom. The highest BCUT2D eigenvalue weighted by molar-refractivity contribution is 7.15. The number of rotatable bonds is 5. The summed E-state index contributed by atoms with van der Waals surface area (Å²) < 4.78 is 4.98. The van der Waals surface area contributed by atoms with Crippen LogP contribution in [-0.2, 0) is 14.9 Å². The number of nitrogens with one attached hydrogen (secondary N) is 1. The number of aromatic nitrogens is 2. The lowest BCUT2D eigenvalue weighted by Gasteiger charge is -2.11. The van der Waals surface area contributed by atoms with E-state index in [0.717, 1.165) is 17.8 Å². The Hall–Kier alpha value is -1.79. The van der Waals surface area contributed by atoms with Gasteiger partial charge in [-0.1, -0.05) is 41.7 Å². The van der Waals surface area contributed by atoms with E-state index in [-0.39, 0.29) is 11.3 Å². The number of amides is 1. The van der Waals surface area contributed by atoms with Crippen molar-refractivity contribution in [1.82, 2.24) is 10.2 Å². The highest BCUT2D eigenvalue weighted by atomic mass is 32.1. The van der Waals surface area contributed by atoms with E-state index in [4.69, 9.17) is 4.74 Å². The first kappa shape index (κ1) is 14.2. The second kappa shape index (κ2) is 5.54. The lowest BCUT2D eigenvalue weighted by molar-refractivity contribution is -0.124. The van der Waals surface area contributed by atoms with Crippen LogP contribution in [0.25, 0.3) is 0 Å². The predicted molar refractivity (Wildman–Crippen MR) is 81.5 cm³/mol. The van der Waals surface area contributed by atoms with Gasteiger partial charge in [-0.3, -0.25) is 10.1 Å². The summed E-state index contributed by atoms with van der Waals surface area (Å²) in [5, 5.41) is 12.6. The third-order valence-corrected chi connectivity index (χ3v) is 4.91. The van der Waals surface area contributed by atoms with Gasteiger partial charge in [-0.15, -0.1) is 10.2 Å². The zero-order chi connectivity index (χ0) is 14.9. The lowest BCUT2D eigenvalue weighted by atomic mass is 9.97. The van der Waals surface area contributed by atoms with Gasteiger partial charge in [-0.05, 0) is 25.3 Å². The van der Waals surface area contributed by atoms with Gasteiger partial charge in [0.05, 0.1) is 0 Å². The van der Waals surface area contributed by atoms with Crippen LogP contribution in [0.1, 0.15) is 30.3 Å². The van der Waals surface area contributed by atoms with Crippen LogP contribution < -0.4 is 5.32 Å². The molecule has 1 saturated carbocycles. The minimum absolute atomic E-state index is 0.00518. The highest BCUT2D eigenvalue weighted by Crippen LogP contribution is 2.54. The summed E-state index contributed by atoms with van der Waals surface area (Å²) in [5.74, 6) is -0.204. The minimum Gasteiger partial charge on any atom is -0.372 e. The van der Waals surface area contributed by atoms with E-state index in [0.29, 0.717) is 5.13 Å². The Morgan fingerprint density at radius 3 is 2.67 bits per heavy atom. The Balaban J connectivity index is 1.78. The first-order chi connectivity index (χ1) is 10.2. The zero-order valence-corrected chi connectivity index (χ0v) is 12.8. The molecule has 0 saturated heterocycles. The molecule has 2 aromatic rings. The van der Waals surface area contributed by atoms with Crippen LogP contribution in [0.2, 0.25) is 0 Å². The molecule has 1 aromatic carbocycles. The molecule has 0 radical (unpaired) electrons. The van der Waals surface area contributed by atoms with Gasteiger partial charge in [0.1, 0.15) is 11.1 Å². The van der Waals surface area contributed by atoms with Gasteiger partial charge in [-0.25, -0.2) is 0 Å². The molecule has 0 aliphatic heterocycles. The van der Waals surface area contributed by atoms with E-state index in [1.807, 2.05) is 18.2 Å². The molecule has 21 heavy (non-hydrogen) atoms. The van der Waals surface area contributed by atoms with Crippen molar-refractivity contribution in [3.8, 4) is 0 Å². The molecule has 1 heterocycles. The zero-order valence-electron chi connectivity index (χ0n) is 12.0. The van der Waals surface area contributed by atoms with Crippen LogP contribution in [0.5, 0.6) is 0 Å². The molecule has 5 nitrogen and oxygen atoms in total. The SMILES string of the molecule is COC(C)C(=O)Nc1nnc(C2(c3ccccc3)CC2)s1. The number of methoxy groups -OCH3 is 1. The molecule has 3 rings (SSSR count). The third-order valence-electron chi connectivity index (χ3n) is 3.86. The fourth-order valence-corrected chi connectivity index (χ4v) is 3.30. The average molecular weight is 303 g/mol. The first-order valence-corrected chi connectivity index (χ1v) is 7.70. The fraction of sp³-hybridized carbons (Fsp3) is 0.400. The van der Waals surface area contributed by atoms with Crippen molar-refractivity contribution in [2.75, 3.05) is 12.4 Å². The number of anilines is 1. The number of carbonyl (C=O) groups is 1. The number of ether oxygens (including phenoxy) is 1. The molecule has 1 unspecified atom stereocenters. The highest BCUT2D eigenvalue weighted by Gasteiger charge is 2.48. The number of hydrogen-bond acceptors (Lipinski definition) is 5. The maximum atomic E-state index is 11.8. The standard InChI is InChI=1S/C15H17N3O2S/c1-10(20-2)12(19)16-14-18-17-13(21-14)15(8-9-15)11-6-4-3-5-7-11/h3-7,10H,8-9H2,1-2H3,(H,16,18,19). The molecule has 1 aromatic heterocycles. The van der Waals surface area contributed by atoms with Crippen molar-refractivity contribution < 1.29 is 9.53 Å². The van der Waals surface area contributed by atoms with Gasteiger partial charge in [0.15, 0.2) is 0 Å². The molecule has 0 spiro atoms. The number of hydrogen-bond donors (Lipinski definition) is 1. The topological polar surface area (TPSA) is 64.1 Å². The third kappa shape index (κ3) is 2.69. The van der Waals surface area contributed by atoms with E-state index in [1.165, 1.54) is 24.0 Å².